The van der Waals surface area contributed by atoms with Crippen LogP contribution in [0.15, 0.2) is 303 Å². The van der Waals surface area contributed by atoms with E-state index in [4.69, 9.17) is 0 Å². The number of fused-ring (bicyclic) bond motifs is 8. The fraction of sp³-hybridized carbons (Fsp3) is 0. The molecule has 0 radical (unpaired) electrons. The van der Waals surface area contributed by atoms with E-state index in [1.165, 1.54) is 76.4 Å². The van der Waals surface area contributed by atoms with Gasteiger partial charge in [0, 0.05) is 55.1 Å². The van der Waals surface area contributed by atoms with Crippen LogP contribution < -0.4 is 9.80 Å². The van der Waals surface area contributed by atoms with Crippen LogP contribution in [-0.2, 0) is 0 Å². The fourth-order valence-electron chi connectivity index (χ4n) is 12.2. The second kappa shape index (κ2) is 18.7. The molecule has 366 valence electrons. The van der Waals surface area contributed by atoms with Gasteiger partial charge < -0.3 is 18.9 Å². The molecule has 13 aromatic carbocycles. The summed E-state index contributed by atoms with van der Waals surface area (Å²) in [5.41, 5.74) is 18.4. The van der Waals surface area contributed by atoms with Crippen LogP contribution in [-0.4, -0.2) is 9.13 Å². The summed E-state index contributed by atoms with van der Waals surface area (Å²) < 4.78 is 4.84. The summed E-state index contributed by atoms with van der Waals surface area (Å²) in [5, 5.41) is 9.69. The third-order valence-electron chi connectivity index (χ3n) is 15.7. The second-order valence-electron chi connectivity index (χ2n) is 20.1. The molecular formula is C74H50N4. The van der Waals surface area contributed by atoms with Crippen molar-refractivity contribution in [2.75, 3.05) is 9.80 Å². The Morgan fingerprint density at radius 3 is 0.910 bits per heavy atom. The molecule has 0 N–H and O–H groups in total. The lowest BCUT2D eigenvalue weighted by molar-refractivity contribution is 1.18. The Balaban J connectivity index is 0.757. The van der Waals surface area contributed by atoms with Crippen molar-refractivity contribution in [3.63, 3.8) is 0 Å². The highest BCUT2D eigenvalue weighted by atomic mass is 15.2. The molecule has 15 aromatic rings. The van der Waals surface area contributed by atoms with Gasteiger partial charge in [0.15, 0.2) is 0 Å². The third-order valence-corrected chi connectivity index (χ3v) is 15.7. The number of anilines is 6. The van der Waals surface area contributed by atoms with Gasteiger partial charge in [-0.3, -0.25) is 0 Å². The minimum absolute atomic E-state index is 1.11. The fourth-order valence-corrected chi connectivity index (χ4v) is 12.2. The summed E-state index contributed by atoms with van der Waals surface area (Å²) >= 11 is 0. The maximum absolute atomic E-state index is 2.43. The first-order chi connectivity index (χ1) is 38.7. The van der Waals surface area contributed by atoms with E-state index in [9.17, 15) is 0 Å². The average Bonchev–Trinajstić information content (AvgIpc) is 4.27. The lowest BCUT2D eigenvalue weighted by atomic mass is 10.00. The number of aromatic nitrogens is 2. The van der Waals surface area contributed by atoms with Crippen molar-refractivity contribution in [1.82, 2.24) is 9.13 Å². The highest BCUT2D eigenvalue weighted by molar-refractivity contribution is 6.19. The van der Waals surface area contributed by atoms with Crippen molar-refractivity contribution in [2.45, 2.75) is 0 Å². The molecule has 0 aliphatic rings. The zero-order valence-electron chi connectivity index (χ0n) is 42.7. The van der Waals surface area contributed by atoms with Crippen LogP contribution in [0.25, 0.3) is 98.8 Å². The Morgan fingerprint density at radius 1 is 0.205 bits per heavy atom. The van der Waals surface area contributed by atoms with E-state index in [0.29, 0.717) is 0 Å². The van der Waals surface area contributed by atoms with E-state index in [2.05, 4.69) is 322 Å². The highest BCUT2D eigenvalue weighted by Crippen LogP contribution is 2.48. The first-order valence-electron chi connectivity index (χ1n) is 26.8. The molecule has 2 heterocycles. The number of hydrogen-bond acceptors (Lipinski definition) is 2. The molecule has 0 saturated carbocycles. The van der Waals surface area contributed by atoms with E-state index in [-0.39, 0.29) is 0 Å². The van der Waals surface area contributed by atoms with Crippen molar-refractivity contribution < 1.29 is 0 Å². The maximum Gasteiger partial charge on any atom is 0.0562 e. The predicted octanol–water partition coefficient (Wildman–Crippen LogP) is 20.5. The van der Waals surface area contributed by atoms with Gasteiger partial charge >= 0.3 is 0 Å². The van der Waals surface area contributed by atoms with Gasteiger partial charge in [0.25, 0.3) is 0 Å². The number of nitrogens with zero attached hydrogens (tertiary/aromatic N) is 4. The first kappa shape index (κ1) is 45.0. The molecule has 4 heteroatoms. The Kier molecular flexibility index (Phi) is 10.8. The monoisotopic (exact) mass is 994 g/mol. The van der Waals surface area contributed by atoms with Crippen LogP contribution in [0.3, 0.4) is 0 Å². The summed E-state index contributed by atoms with van der Waals surface area (Å²) in [4.78, 5) is 4.86. The molecule has 2 aromatic heterocycles. The zero-order valence-corrected chi connectivity index (χ0v) is 42.7. The molecule has 0 aliphatic carbocycles. The molecule has 0 unspecified atom stereocenters. The van der Waals surface area contributed by atoms with Crippen molar-refractivity contribution in [1.29, 1.82) is 0 Å². The number of rotatable bonds is 10. The van der Waals surface area contributed by atoms with E-state index < -0.39 is 0 Å². The molecule has 15 rings (SSSR count). The Morgan fingerprint density at radius 2 is 0.500 bits per heavy atom. The van der Waals surface area contributed by atoms with E-state index in [0.717, 1.165) is 56.5 Å². The van der Waals surface area contributed by atoms with Gasteiger partial charge in [0.1, 0.15) is 0 Å². The molecular weight excluding hydrogens is 945 g/mol. The molecule has 0 saturated heterocycles. The molecule has 0 aliphatic heterocycles. The lowest BCUT2D eigenvalue weighted by Gasteiger charge is -2.27. The standard InChI is InChI=1S/C74H50N4/c1-3-23-57(24-4-1)75(65-33-15-21-55-19-7-9-27-61(55)65)69-35-17-37-71-73(69)63-29-11-13-31-67(63)77(71)59-47-43-53(44-48-59)51-39-41-52(42-40-51)54-45-49-60(50-46-54)78-68-32-14-12-30-64(68)74-70(36-18-38-72(74)78)76(58-25-5-2-6-26-58)66-34-16-22-56-20-8-10-28-62(56)66/h1-50H. The van der Waals surface area contributed by atoms with Crippen LogP contribution in [0.4, 0.5) is 34.1 Å². The topological polar surface area (TPSA) is 16.3 Å². The summed E-state index contributed by atoms with van der Waals surface area (Å²) in [6, 6.07) is 110. The maximum atomic E-state index is 2.43. The summed E-state index contributed by atoms with van der Waals surface area (Å²) in [5.74, 6) is 0. The Hall–Kier alpha value is -10.4. The lowest BCUT2D eigenvalue weighted by Crippen LogP contribution is -2.10. The first-order valence-corrected chi connectivity index (χ1v) is 26.8. The molecule has 0 atom stereocenters. The van der Waals surface area contributed by atoms with E-state index in [1.54, 1.807) is 0 Å². The SMILES string of the molecule is c1ccc(N(c2cccc3ccccc23)c2cccc3c2c2ccccc2n3-c2ccc(-c3ccc(-c4ccc(-n5c6ccccc6c6c(N(c7ccccc7)c7cccc8ccccc78)cccc65)cc4)cc3)cc2)cc1. The largest absolute Gasteiger partial charge is 0.309 e. The van der Waals surface area contributed by atoms with Gasteiger partial charge in [-0.2, -0.15) is 0 Å². The van der Waals surface area contributed by atoms with Crippen molar-refractivity contribution in [2.24, 2.45) is 0 Å². The average molecular weight is 995 g/mol. The number of benzene rings is 13. The molecule has 4 nitrogen and oxygen atoms in total. The summed E-state index contributed by atoms with van der Waals surface area (Å²) in [6.07, 6.45) is 0. The molecule has 78 heavy (non-hydrogen) atoms. The van der Waals surface area contributed by atoms with Crippen LogP contribution in [0, 0.1) is 0 Å². The summed E-state index contributed by atoms with van der Waals surface area (Å²) in [7, 11) is 0. The van der Waals surface area contributed by atoms with Gasteiger partial charge in [-0.05, 0) is 130 Å². The Bertz CT molecular complexity index is 4390. The molecule has 0 spiro atoms. The van der Waals surface area contributed by atoms with Gasteiger partial charge in [0.2, 0.25) is 0 Å². The smallest absolute Gasteiger partial charge is 0.0562 e. The van der Waals surface area contributed by atoms with E-state index in [1.807, 2.05) is 0 Å². The van der Waals surface area contributed by atoms with Crippen LogP contribution in [0.1, 0.15) is 0 Å². The quantitative estimate of drug-likeness (QED) is 0.136. The van der Waals surface area contributed by atoms with Crippen LogP contribution in [0.2, 0.25) is 0 Å². The van der Waals surface area contributed by atoms with Crippen LogP contribution in [0.5, 0.6) is 0 Å². The minimum Gasteiger partial charge on any atom is -0.309 e. The normalized spacial score (nSPS) is 11.6. The van der Waals surface area contributed by atoms with Crippen molar-refractivity contribution in [3.8, 4) is 33.6 Å². The van der Waals surface area contributed by atoms with Gasteiger partial charge in [-0.1, -0.05) is 206 Å². The minimum atomic E-state index is 1.11. The van der Waals surface area contributed by atoms with Crippen LogP contribution >= 0.6 is 0 Å². The number of hydrogen-bond donors (Lipinski definition) is 0. The van der Waals surface area contributed by atoms with Crippen molar-refractivity contribution >= 4 is 99.3 Å². The third kappa shape index (κ3) is 7.45. The molecule has 0 bridgehead atoms. The zero-order chi connectivity index (χ0) is 51.5. The Labute approximate surface area is 452 Å². The molecule has 0 fully saturated rings. The number of para-hydroxylation sites is 4. The summed E-state index contributed by atoms with van der Waals surface area (Å²) in [6.45, 7) is 0. The highest BCUT2D eigenvalue weighted by Gasteiger charge is 2.24. The molecule has 0 amide bonds. The van der Waals surface area contributed by atoms with Gasteiger partial charge in [-0.15, -0.1) is 0 Å². The van der Waals surface area contributed by atoms with Crippen molar-refractivity contribution in [3.05, 3.63) is 303 Å². The van der Waals surface area contributed by atoms with Gasteiger partial charge in [0.05, 0.1) is 44.8 Å². The van der Waals surface area contributed by atoms with Gasteiger partial charge in [-0.25, -0.2) is 0 Å². The second-order valence-corrected chi connectivity index (χ2v) is 20.1. The predicted molar refractivity (Wildman–Crippen MR) is 330 cm³/mol. The van der Waals surface area contributed by atoms with E-state index >= 15 is 0 Å².